The minimum atomic E-state index is 0.578. The van der Waals surface area contributed by atoms with E-state index in [1.54, 1.807) is 0 Å². The van der Waals surface area contributed by atoms with Gasteiger partial charge in [-0.05, 0) is 63.3 Å². The summed E-state index contributed by atoms with van der Waals surface area (Å²) in [6, 6.07) is 0.777. The standard InChI is InChI=1S/C16H31NO/c1-3-13-7-10-16(17-4-2)14(12-13)8-9-15-6-5-11-18-15/h13-17H,3-12H2,1-2H3. The molecule has 0 spiro atoms. The molecule has 2 heteroatoms. The van der Waals surface area contributed by atoms with Gasteiger partial charge in [-0.1, -0.05) is 20.3 Å². The molecule has 0 aromatic carbocycles. The Bertz CT molecular complexity index is 225. The molecule has 2 fully saturated rings. The maximum absolute atomic E-state index is 5.77. The summed E-state index contributed by atoms with van der Waals surface area (Å²) in [5.74, 6) is 1.88. The predicted molar refractivity (Wildman–Crippen MR) is 76.8 cm³/mol. The molecule has 106 valence electrons. The van der Waals surface area contributed by atoms with E-state index in [9.17, 15) is 0 Å². The van der Waals surface area contributed by atoms with Gasteiger partial charge in [-0.15, -0.1) is 0 Å². The van der Waals surface area contributed by atoms with Crippen molar-refractivity contribution in [1.29, 1.82) is 0 Å². The van der Waals surface area contributed by atoms with Crippen molar-refractivity contribution in [1.82, 2.24) is 5.32 Å². The molecule has 1 aliphatic carbocycles. The van der Waals surface area contributed by atoms with Crippen LogP contribution in [0.5, 0.6) is 0 Å². The van der Waals surface area contributed by atoms with E-state index in [4.69, 9.17) is 4.74 Å². The van der Waals surface area contributed by atoms with Gasteiger partial charge in [0.15, 0.2) is 0 Å². The lowest BCUT2D eigenvalue weighted by Gasteiger charge is -2.37. The maximum atomic E-state index is 5.77. The summed E-state index contributed by atoms with van der Waals surface area (Å²) in [7, 11) is 0. The monoisotopic (exact) mass is 253 g/mol. The highest BCUT2D eigenvalue weighted by Crippen LogP contribution is 2.35. The molecule has 0 aromatic rings. The van der Waals surface area contributed by atoms with Gasteiger partial charge in [-0.25, -0.2) is 0 Å². The summed E-state index contributed by atoms with van der Waals surface area (Å²) in [4.78, 5) is 0. The second-order valence-corrected chi connectivity index (χ2v) is 6.22. The van der Waals surface area contributed by atoms with Crippen LogP contribution in [-0.2, 0) is 4.74 Å². The van der Waals surface area contributed by atoms with Crippen LogP contribution in [0, 0.1) is 11.8 Å². The third-order valence-electron chi connectivity index (χ3n) is 5.02. The highest BCUT2D eigenvalue weighted by atomic mass is 16.5. The lowest BCUT2D eigenvalue weighted by molar-refractivity contribution is 0.0887. The van der Waals surface area contributed by atoms with Crippen LogP contribution in [0.1, 0.15) is 65.2 Å². The average molecular weight is 253 g/mol. The SMILES string of the molecule is CCNC1CCC(CC)CC1CCC1CCCO1. The number of rotatable bonds is 6. The van der Waals surface area contributed by atoms with E-state index in [0.29, 0.717) is 6.10 Å². The Morgan fingerprint density at radius 1 is 1.11 bits per heavy atom. The van der Waals surface area contributed by atoms with E-state index < -0.39 is 0 Å². The Morgan fingerprint density at radius 2 is 2.00 bits per heavy atom. The molecule has 2 nitrogen and oxygen atoms in total. The van der Waals surface area contributed by atoms with Gasteiger partial charge in [0.25, 0.3) is 0 Å². The van der Waals surface area contributed by atoms with Gasteiger partial charge >= 0.3 is 0 Å². The minimum absolute atomic E-state index is 0.578. The molecular formula is C16H31NO. The Labute approximate surface area is 113 Å². The summed E-state index contributed by atoms with van der Waals surface area (Å²) in [6.45, 7) is 6.72. The van der Waals surface area contributed by atoms with Crippen molar-refractivity contribution in [3.63, 3.8) is 0 Å². The van der Waals surface area contributed by atoms with Crippen molar-refractivity contribution in [2.45, 2.75) is 77.4 Å². The van der Waals surface area contributed by atoms with Gasteiger partial charge in [0.05, 0.1) is 6.10 Å². The quantitative estimate of drug-likeness (QED) is 0.778. The molecule has 1 aliphatic heterocycles. The normalized spacial score (nSPS) is 37.0. The first-order valence-electron chi connectivity index (χ1n) is 8.18. The molecular weight excluding hydrogens is 222 g/mol. The first kappa shape index (κ1) is 14.3. The number of nitrogens with one attached hydrogen (secondary N) is 1. The predicted octanol–water partition coefficient (Wildman–Crippen LogP) is 3.75. The second kappa shape index (κ2) is 7.49. The fourth-order valence-corrected chi connectivity index (χ4v) is 3.85. The fraction of sp³-hybridized carbons (Fsp3) is 1.00. The summed E-state index contributed by atoms with van der Waals surface area (Å²) in [6.07, 6.45) is 11.5. The maximum Gasteiger partial charge on any atom is 0.0576 e. The lowest BCUT2D eigenvalue weighted by Crippen LogP contribution is -2.40. The molecule has 0 radical (unpaired) electrons. The molecule has 2 aliphatic rings. The van der Waals surface area contributed by atoms with Crippen LogP contribution in [0.4, 0.5) is 0 Å². The van der Waals surface area contributed by atoms with Gasteiger partial charge in [0.1, 0.15) is 0 Å². The second-order valence-electron chi connectivity index (χ2n) is 6.22. The van der Waals surface area contributed by atoms with Gasteiger partial charge in [0.2, 0.25) is 0 Å². The van der Waals surface area contributed by atoms with Crippen LogP contribution in [0.25, 0.3) is 0 Å². The van der Waals surface area contributed by atoms with Crippen molar-refractivity contribution in [3.05, 3.63) is 0 Å². The smallest absolute Gasteiger partial charge is 0.0576 e. The number of ether oxygens (including phenoxy) is 1. The lowest BCUT2D eigenvalue weighted by atomic mass is 9.74. The topological polar surface area (TPSA) is 21.3 Å². The molecule has 4 atom stereocenters. The minimum Gasteiger partial charge on any atom is -0.378 e. The molecule has 2 rings (SSSR count). The zero-order valence-corrected chi connectivity index (χ0v) is 12.3. The van der Waals surface area contributed by atoms with E-state index in [-0.39, 0.29) is 0 Å². The molecule has 1 saturated carbocycles. The summed E-state index contributed by atoms with van der Waals surface area (Å²) >= 11 is 0. The number of hydrogen-bond acceptors (Lipinski definition) is 2. The Morgan fingerprint density at radius 3 is 2.67 bits per heavy atom. The van der Waals surface area contributed by atoms with Gasteiger partial charge in [0, 0.05) is 12.6 Å². The highest BCUT2D eigenvalue weighted by molar-refractivity contribution is 4.85. The highest BCUT2D eigenvalue weighted by Gasteiger charge is 2.29. The summed E-state index contributed by atoms with van der Waals surface area (Å²) in [5, 5.41) is 3.71. The van der Waals surface area contributed by atoms with Crippen LogP contribution >= 0.6 is 0 Å². The van der Waals surface area contributed by atoms with Crippen molar-refractivity contribution < 1.29 is 4.74 Å². The third kappa shape index (κ3) is 3.96. The molecule has 4 unspecified atom stereocenters. The van der Waals surface area contributed by atoms with Gasteiger partial charge in [-0.3, -0.25) is 0 Å². The van der Waals surface area contributed by atoms with E-state index in [0.717, 1.165) is 31.0 Å². The average Bonchev–Trinajstić information content (AvgIpc) is 2.91. The summed E-state index contributed by atoms with van der Waals surface area (Å²) < 4.78 is 5.77. The Hall–Kier alpha value is -0.0800. The molecule has 1 saturated heterocycles. The zero-order chi connectivity index (χ0) is 12.8. The molecule has 0 amide bonds. The third-order valence-corrected chi connectivity index (χ3v) is 5.02. The summed E-state index contributed by atoms with van der Waals surface area (Å²) in [5.41, 5.74) is 0. The number of hydrogen-bond donors (Lipinski definition) is 1. The van der Waals surface area contributed by atoms with E-state index >= 15 is 0 Å². The molecule has 1 N–H and O–H groups in total. The molecule has 1 heterocycles. The zero-order valence-electron chi connectivity index (χ0n) is 12.3. The van der Waals surface area contributed by atoms with E-state index in [2.05, 4.69) is 19.2 Å². The van der Waals surface area contributed by atoms with Crippen molar-refractivity contribution >= 4 is 0 Å². The van der Waals surface area contributed by atoms with Crippen LogP contribution in [0.15, 0.2) is 0 Å². The van der Waals surface area contributed by atoms with Crippen LogP contribution in [-0.4, -0.2) is 25.3 Å². The first-order chi connectivity index (χ1) is 8.83. The Balaban J connectivity index is 1.79. The van der Waals surface area contributed by atoms with Crippen LogP contribution in [0.3, 0.4) is 0 Å². The molecule has 0 bridgehead atoms. The fourth-order valence-electron chi connectivity index (χ4n) is 3.85. The van der Waals surface area contributed by atoms with Crippen molar-refractivity contribution in [2.75, 3.05) is 13.2 Å². The van der Waals surface area contributed by atoms with Crippen molar-refractivity contribution in [2.24, 2.45) is 11.8 Å². The van der Waals surface area contributed by atoms with Crippen molar-refractivity contribution in [3.8, 4) is 0 Å². The van der Waals surface area contributed by atoms with Crippen LogP contribution in [0.2, 0.25) is 0 Å². The molecule has 0 aromatic heterocycles. The van der Waals surface area contributed by atoms with E-state index in [1.807, 2.05) is 0 Å². The van der Waals surface area contributed by atoms with Crippen LogP contribution < -0.4 is 5.32 Å². The van der Waals surface area contributed by atoms with Gasteiger partial charge < -0.3 is 10.1 Å². The van der Waals surface area contributed by atoms with E-state index in [1.165, 1.54) is 51.4 Å². The largest absolute Gasteiger partial charge is 0.378 e. The first-order valence-corrected chi connectivity index (χ1v) is 8.18. The Kier molecular flexibility index (Phi) is 5.97. The van der Waals surface area contributed by atoms with Gasteiger partial charge in [-0.2, -0.15) is 0 Å². The molecule has 18 heavy (non-hydrogen) atoms.